The smallest absolute Gasteiger partial charge is 0.253 e. The van der Waals surface area contributed by atoms with Gasteiger partial charge in [0.2, 0.25) is 5.13 Å². The van der Waals surface area contributed by atoms with E-state index in [9.17, 15) is 9.90 Å². The van der Waals surface area contributed by atoms with Crippen LogP contribution in [-0.4, -0.2) is 52.3 Å². The molecule has 1 N–H and O–H groups in total. The van der Waals surface area contributed by atoms with Crippen molar-refractivity contribution in [3.63, 3.8) is 0 Å². The quantitative estimate of drug-likeness (QED) is 0.933. The van der Waals surface area contributed by atoms with Crippen molar-refractivity contribution in [2.45, 2.75) is 18.8 Å². The predicted molar refractivity (Wildman–Crippen MR) is 88.1 cm³/mol. The molecule has 1 saturated heterocycles. The molecular weight excluding hydrogens is 312 g/mol. The third-order valence-corrected chi connectivity index (χ3v) is 5.45. The van der Waals surface area contributed by atoms with Crippen molar-refractivity contribution >= 4 is 22.4 Å². The molecule has 1 aliphatic heterocycles. The highest BCUT2D eigenvalue weighted by Crippen LogP contribution is 2.42. The van der Waals surface area contributed by atoms with E-state index in [-0.39, 0.29) is 11.7 Å². The van der Waals surface area contributed by atoms with Crippen LogP contribution in [-0.2, 0) is 0 Å². The SMILES string of the molecule is O=C(c1ccc(O)cc1)N1CCN(c2nnc(C3CC3)s2)CC1. The molecule has 0 spiro atoms. The number of piperazine rings is 1. The zero-order valence-electron chi connectivity index (χ0n) is 12.7. The van der Waals surface area contributed by atoms with Crippen LogP contribution in [0.1, 0.15) is 34.1 Å². The molecule has 23 heavy (non-hydrogen) atoms. The molecule has 1 aromatic carbocycles. The Morgan fingerprint density at radius 3 is 2.43 bits per heavy atom. The second-order valence-corrected chi connectivity index (χ2v) is 7.01. The summed E-state index contributed by atoms with van der Waals surface area (Å²) in [5, 5.41) is 20.0. The van der Waals surface area contributed by atoms with Gasteiger partial charge in [-0.15, -0.1) is 10.2 Å². The normalized spacial score (nSPS) is 18.3. The third kappa shape index (κ3) is 3.01. The van der Waals surface area contributed by atoms with Gasteiger partial charge in [-0.2, -0.15) is 0 Å². The number of hydrogen-bond acceptors (Lipinski definition) is 6. The highest BCUT2D eigenvalue weighted by atomic mass is 32.1. The molecule has 2 aliphatic rings. The van der Waals surface area contributed by atoms with E-state index in [1.165, 1.54) is 12.8 Å². The summed E-state index contributed by atoms with van der Waals surface area (Å²) in [4.78, 5) is 16.5. The van der Waals surface area contributed by atoms with Crippen molar-refractivity contribution in [1.29, 1.82) is 0 Å². The van der Waals surface area contributed by atoms with E-state index in [0.29, 0.717) is 24.6 Å². The molecule has 7 heteroatoms. The summed E-state index contributed by atoms with van der Waals surface area (Å²) in [6, 6.07) is 6.42. The number of amides is 1. The fourth-order valence-electron chi connectivity index (χ4n) is 2.74. The summed E-state index contributed by atoms with van der Waals surface area (Å²) in [5.41, 5.74) is 0.614. The van der Waals surface area contributed by atoms with Crippen LogP contribution < -0.4 is 4.90 Å². The minimum absolute atomic E-state index is 0.0144. The molecule has 1 saturated carbocycles. The van der Waals surface area contributed by atoms with Crippen LogP contribution in [0.5, 0.6) is 5.75 Å². The minimum atomic E-state index is 0.0144. The summed E-state index contributed by atoms with van der Waals surface area (Å²) in [5.74, 6) is 0.827. The number of carbonyl (C=O) groups is 1. The maximum absolute atomic E-state index is 12.5. The Bertz CT molecular complexity index is 703. The van der Waals surface area contributed by atoms with Gasteiger partial charge in [0.1, 0.15) is 10.8 Å². The molecule has 2 fully saturated rings. The van der Waals surface area contributed by atoms with Gasteiger partial charge in [0.15, 0.2) is 0 Å². The van der Waals surface area contributed by atoms with E-state index in [1.807, 2.05) is 4.90 Å². The lowest BCUT2D eigenvalue weighted by atomic mass is 10.2. The van der Waals surface area contributed by atoms with E-state index < -0.39 is 0 Å². The molecule has 0 unspecified atom stereocenters. The van der Waals surface area contributed by atoms with Crippen LogP contribution in [0.3, 0.4) is 0 Å². The van der Waals surface area contributed by atoms with Crippen molar-refractivity contribution in [3.8, 4) is 5.75 Å². The van der Waals surface area contributed by atoms with Gasteiger partial charge in [-0.25, -0.2) is 0 Å². The van der Waals surface area contributed by atoms with Crippen LogP contribution in [0.4, 0.5) is 5.13 Å². The summed E-state index contributed by atoms with van der Waals surface area (Å²) in [6.45, 7) is 2.92. The van der Waals surface area contributed by atoms with E-state index in [2.05, 4.69) is 15.1 Å². The van der Waals surface area contributed by atoms with E-state index in [0.717, 1.165) is 23.2 Å². The lowest BCUT2D eigenvalue weighted by Gasteiger charge is -2.34. The number of hydrogen-bond donors (Lipinski definition) is 1. The van der Waals surface area contributed by atoms with Crippen LogP contribution in [0.25, 0.3) is 0 Å². The molecule has 4 rings (SSSR count). The highest BCUT2D eigenvalue weighted by Gasteiger charge is 2.29. The van der Waals surface area contributed by atoms with Gasteiger partial charge in [0.05, 0.1) is 0 Å². The summed E-state index contributed by atoms with van der Waals surface area (Å²) < 4.78 is 0. The fraction of sp³-hybridized carbons (Fsp3) is 0.438. The maximum Gasteiger partial charge on any atom is 0.253 e. The Morgan fingerprint density at radius 1 is 1.09 bits per heavy atom. The molecule has 0 bridgehead atoms. The maximum atomic E-state index is 12.5. The van der Waals surface area contributed by atoms with Crippen LogP contribution in [0.15, 0.2) is 24.3 Å². The molecule has 1 aromatic heterocycles. The van der Waals surface area contributed by atoms with Crippen molar-refractivity contribution < 1.29 is 9.90 Å². The number of carbonyl (C=O) groups excluding carboxylic acids is 1. The Labute approximate surface area is 138 Å². The molecular formula is C16H18N4O2S. The second kappa shape index (κ2) is 5.81. The zero-order valence-corrected chi connectivity index (χ0v) is 13.5. The van der Waals surface area contributed by atoms with Gasteiger partial charge in [0.25, 0.3) is 5.91 Å². The number of phenolic OH excluding ortho intramolecular Hbond substituents is 1. The van der Waals surface area contributed by atoms with Crippen molar-refractivity contribution in [2.24, 2.45) is 0 Å². The monoisotopic (exact) mass is 330 g/mol. The molecule has 6 nitrogen and oxygen atoms in total. The molecule has 1 amide bonds. The van der Waals surface area contributed by atoms with Gasteiger partial charge < -0.3 is 14.9 Å². The first-order chi connectivity index (χ1) is 11.2. The molecule has 0 atom stereocenters. The molecule has 1 aliphatic carbocycles. The Morgan fingerprint density at radius 2 is 1.78 bits per heavy atom. The first-order valence-electron chi connectivity index (χ1n) is 7.87. The fourth-order valence-corrected chi connectivity index (χ4v) is 3.80. The first-order valence-corrected chi connectivity index (χ1v) is 8.69. The molecule has 2 heterocycles. The molecule has 120 valence electrons. The van der Waals surface area contributed by atoms with Crippen LogP contribution in [0.2, 0.25) is 0 Å². The minimum Gasteiger partial charge on any atom is -0.508 e. The first kappa shape index (κ1) is 14.4. The topological polar surface area (TPSA) is 69.6 Å². The third-order valence-electron chi connectivity index (χ3n) is 4.31. The van der Waals surface area contributed by atoms with Gasteiger partial charge in [0, 0.05) is 37.7 Å². The van der Waals surface area contributed by atoms with E-state index in [1.54, 1.807) is 35.6 Å². The number of nitrogens with zero attached hydrogens (tertiary/aromatic N) is 4. The summed E-state index contributed by atoms with van der Waals surface area (Å²) >= 11 is 1.69. The van der Waals surface area contributed by atoms with Crippen molar-refractivity contribution in [2.75, 3.05) is 31.1 Å². The average molecular weight is 330 g/mol. The number of aromatic hydroxyl groups is 1. The number of aromatic nitrogens is 2. The number of anilines is 1. The van der Waals surface area contributed by atoms with Crippen molar-refractivity contribution in [1.82, 2.24) is 15.1 Å². The number of rotatable bonds is 3. The van der Waals surface area contributed by atoms with Crippen LogP contribution >= 0.6 is 11.3 Å². The summed E-state index contributed by atoms with van der Waals surface area (Å²) in [7, 11) is 0. The Hall–Kier alpha value is -2.15. The predicted octanol–water partition coefficient (Wildman–Crippen LogP) is 2.08. The highest BCUT2D eigenvalue weighted by molar-refractivity contribution is 7.15. The van der Waals surface area contributed by atoms with Gasteiger partial charge in [-0.05, 0) is 37.1 Å². The second-order valence-electron chi connectivity index (χ2n) is 6.02. The Kier molecular flexibility index (Phi) is 3.65. The van der Waals surface area contributed by atoms with Gasteiger partial charge in [-0.3, -0.25) is 4.79 Å². The molecule has 2 aromatic rings. The van der Waals surface area contributed by atoms with E-state index in [4.69, 9.17) is 0 Å². The number of benzene rings is 1. The van der Waals surface area contributed by atoms with Gasteiger partial charge in [-0.1, -0.05) is 11.3 Å². The summed E-state index contributed by atoms with van der Waals surface area (Å²) in [6.07, 6.45) is 2.48. The van der Waals surface area contributed by atoms with Gasteiger partial charge >= 0.3 is 0 Å². The lowest BCUT2D eigenvalue weighted by Crippen LogP contribution is -2.48. The zero-order chi connectivity index (χ0) is 15.8. The van der Waals surface area contributed by atoms with E-state index >= 15 is 0 Å². The lowest BCUT2D eigenvalue weighted by molar-refractivity contribution is 0.0746. The average Bonchev–Trinajstić information content (AvgIpc) is 3.32. The molecule has 0 radical (unpaired) electrons. The number of phenols is 1. The Balaban J connectivity index is 1.38. The van der Waals surface area contributed by atoms with Crippen molar-refractivity contribution in [3.05, 3.63) is 34.8 Å². The standard InChI is InChI=1S/C16H18N4O2S/c21-13-5-3-12(4-6-13)15(22)19-7-9-20(10-8-19)16-18-17-14(23-16)11-1-2-11/h3-6,11,21H,1-2,7-10H2. The van der Waals surface area contributed by atoms with Crippen LogP contribution in [0, 0.1) is 0 Å². The largest absolute Gasteiger partial charge is 0.508 e.